The highest BCUT2D eigenvalue weighted by Crippen LogP contribution is 2.51. The molecule has 3 unspecified atom stereocenters. The first-order valence-corrected chi connectivity index (χ1v) is 7.75. The van der Waals surface area contributed by atoms with E-state index in [9.17, 15) is 9.18 Å². The third kappa shape index (κ3) is 3.00. The quantitative estimate of drug-likeness (QED) is 0.788. The van der Waals surface area contributed by atoms with Gasteiger partial charge < -0.3 is 9.53 Å². The fraction of sp³-hybridized carbons (Fsp3) is 0.562. The van der Waals surface area contributed by atoms with Crippen molar-refractivity contribution >= 4 is 18.0 Å². The molecule has 3 atom stereocenters. The van der Waals surface area contributed by atoms with E-state index in [0.29, 0.717) is 17.7 Å². The zero-order valence-electron chi connectivity index (χ0n) is 12.4. The Balaban J connectivity index is 2.40. The third-order valence-corrected chi connectivity index (χ3v) is 5.76. The van der Waals surface area contributed by atoms with Crippen LogP contribution in [-0.4, -0.2) is 23.9 Å². The normalized spacial score (nSPS) is 26.6. The fourth-order valence-corrected chi connectivity index (χ4v) is 4.45. The molecule has 0 N–H and O–H groups in total. The van der Waals surface area contributed by atoms with Crippen molar-refractivity contribution in [2.45, 2.75) is 43.6 Å². The number of rotatable bonds is 3. The average Bonchev–Trinajstić information content (AvgIpc) is 2.83. The number of benzene rings is 1. The van der Waals surface area contributed by atoms with Crippen molar-refractivity contribution in [2.75, 3.05) is 7.11 Å². The molecule has 1 aromatic rings. The summed E-state index contributed by atoms with van der Waals surface area (Å²) in [6.45, 7) is 6.43. The van der Waals surface area contributed by atoms with E-state index in [4.69, 9.17) is 4.74 Å². The topological polar surface area (TPSA) is 26.3 Å². The van der Waals surface area contributed by atoms with Gasteiger partial charge in [0.1, 0.15) is 17.9 Å². The van der Waals surface area contributed by atoms with Crippen LogP contribution in [0.1, 0.15) is 38.7 Å². The Morgan fingerprint density at radius 1 is 1.40 bits per heavy atom. The van der Waals surface area contributed by atoms with Gasteiger partial charge in [0.2, 0.25) is 0 Å². The van der Waals surface area contributed by atoms with Gasteiger partial charge in [0.15, 0.2) is 0 Å². The van der Waals surface area contributed by atoms with Gasteiger partial charge in [0.05, 0.1) is 12.4 Å². The van der Waals surface area contributed by atoms with Gasteiger partial charge in [0.25, 0.3) is 0 Å². The zero-order valence-corrected chi connectivity index (χ0v) is 13.2. The molecule has 0 radical (unpaired) electrons. The molecule has 1 aliphatic heterocycles. The van der Waals surface area contributed by atoms with Crippen LogP contribution in [0.2, 0.25) is 0 Å². The van der Waals surface area contributed by atoms with E-state index in [2.05, 4.69) is 20.8 Å². The van der Waals surface area contributed by atoms with Gasteiger partial charge in [-0.25, -0.2) is 4.39 Å². The highest BCUT2D eigenvalue weighted by molar-refractivity contribution is 8.01. The Labute approximate surface area is 124 Å². The van der Waals surface area contributed by atoms with Crippen molar-refractivity contribution in [3.05, 3.63) is 29.6 Å². The van der Waals surface area contributed by atoms with Crippen molar-refractivity contribution in [1.82, 2.24) is 0 Å². The molecule has 1 fully saturated rings. The molecule has 0 aromatic heterocycles. The number of thioether (sulfide) groups is 1. The van der Waals surface area contributed by atoms with Crippen LogP contribution < -0.4 is 4.74 Å². The summed E-state index contributed by atoms with van der Waals surface area (Å²) >= 11 is 1.67. The number of hydrogen-bond donors (Lipinski definition) is 0. The number of halogens is 1. The Kier molecular flexibility index (Phi) is 4.43. The first kappa shape index (κ1) is 15.4. The Morgan fingerprint density at radius 3 is 2.65 bits per heavy atom. The first-order chi connectivity index (χ1) is 9.36. The lowest BCUT2D eigenvalue weighted by molar-refractivity contribution is -0.107. The van der Waals surface area contributed by atoms with Crippen LogP contribution in [0.25, 0.3) is 0 Å². The van der Waals surface area contributed by atoms with E-state index >= 15 is 0 Å². The van der Waals surface area contributed by atoms with Gasteiger partial charge in [-0.15, -0.1) is 11.8 Å². The fourth-order valence-electron chi connectivity index (χ4n) is 2.83. The summed E-state index contributed by atoms with van der Waals surface area (Å²) in [5, 5.41) is 0.175. The lowest BCUT2D eigenvalue weighted by Crippen LogP contribution is -2.26. The Bertz CT molecular complexity index is 496. The molecule has 1 saturated heterocycles. The van der Waals surface area contributed by atoms with Crippen LogP contribution >= 0.6 is 11.8 Å². The maximum absolute atomic E-state index is 14.2. The van der Waals surface area contributed by atoms with Gasteiger partial charge >= 0.3 is 0 Å². The number of aldehydes is 1. The minimum absolute atomic E-state index is 0.0165. The number of carbonyl (C=O) groups excluding carboxylic acids is 1. The highest BCUT2D eigenvalue weighted by atomic mass is 32.2. The molecular formula is C16H21FO2S. The predicted octanol–water partition coefficient (Wildman–Crippen LogP) is 4.04. The van der Waals surface area contributed by atoms with Crippen LogP contribution in [0.3, 0.4) is 0 Å². The number of hydrogen-bond acceptors (Lipinski definition) is 3. The van der Waals surface area contributed by atoms with E-state index < -0.39 is 0 Å². The summed E-state index contributed by atoms with van der Waals surface area (Å²) in [6, 6.07) is 4.85. The van der Waals surface area contributed by atoms with Crippen LogP contribution in [0.15, 0.2) is 18.2 Å². The van der Waals surface area contributed by atoms with E-state index in [1.807, 2.05) is 0 Å². The lowest BCUT2D eigenvalue weighted by atomic mass is 9.79. The summed E-state index contributed by atoms with van der Waals surface area (Å²) in [5.41, 5.74) is 0.684. The number of methoxy groups -OCH3 is 1. The summed E-state index contributed by atoms with van der Waals surface area (Å²) in [4.78, 5) is 11.1. The van der Waals surface area contributed by atoms with Crippen LogP contribution in [-0.2, 0) is 4.79 Å². The lowest BCUT2D eigenvalue weighted by Gasteiger charge is -2.32. The molecule has 4 heteroatoms. The minimum Gasteiger partial charge on any atom is -0.497 e. The predicted molar refractivity (Wildman–Crippen MR) is 81.0 cm³/mol. The number of carbonyl (C=O) groups is 1. The molecule has 2 nitrogen and oxygen atoms in total. The average molecular weight is 296 g/mol. The standard InChI is InChI=1S/C16H21FO2S/c1-16(2,3)15-13(8-11(9-18)20-15)12-7-10(19-4)5-6-14(12)17/h5-7,9,11,13,15H,8H2,1-4H3. The molecule has 1 heterocycles. The van der Waals surface area contributed by atoms with E-state index in [0.717, 1.165) is 6.29 Å². The van der Waals surface area contributed by atoms with Gasteiger partial charge in [-0.2, -0.15) is 0 Å². The zero-order chi connectivity index (χ0) is 14.9. The van der Waals surface area contributed by atoms with Crippen LogP contribution in [0, 0.1) is 11.2 Å². The highest BCUT2D eigenvalue weighted by Gasteiger charge is 2.43. The SMILES string of the molecule is COc1ccc(F)c(C2CC(C=O)SC2C(C)(C)C)c1. The third-order valence-electron chi connectivity index (χ3n) is 3.78. The minimum atomic E-state index is -0.211. The van der Waals surface area contributed by atoms with Gasteiger partial charge in [-0.3, -0.25) is 0 Å². The van der Waals surface area contributed by atoms with Gasteiger partial charge in [-0.1, -0.05) is 20.8 Å². The van der Waals surface area contributed by atoms with Crippen molar-refractivity contribution < 1.29 is 13.9 Å². The molecular weight excluding hydrogens is 275 g/mol. The monoisotopic (exact) mass is 296 g/mol. The van der Waals surface area contributed by atoms with Crippen molar-refractivity contribution in [3.63, 3.8) is 0 Å². The molecule has 0 bridgehead atoms. The Morgan fingerprint density at radius 2 is 2.10 bits per heavy atom. The smallest absolute Gasteiger partial charge is 0.132 e. The maximum atomic E-state index is 14.2. The van der Waals surface area contributed by atoms with E-state index in [1.54, 1.807) is 31.0 Å². The molecule has 0 amide bonds. The second kappa shape index (κ2) is 5.76. The molecule has 110 valence electrons. The van der Waals surface area contributed by atoms with Gasteiger partial charge in [0, 0.05) is 11.2 Å². The second-order valence-electron chi connectivity index (χ2n) is 6.33. The largest absolute Gasteiger partial charge is 0.497 e. The van der Waals surface area contributed by atoms with Crippen molar-refractivity contribution in [3.8, 4) is 5.75 Å². The second-order valence-corrected chi connectivity index (χ2v) is 7.71. The van der Waals surface area contributed by atoms with E-state index in [1.165, 1.54) is 6.07 Å². The van der Waals surface area contributed by atoms with Gasteiger partial charge in [-0.05, 0) is 35.6 Å². The molecule has 0 spiro atoms. The molecule has 1 aliphatic rings. The summed E-state index contributed by atoms with van der Waals surface area (Å²) in [6.07, 6.45) is 1.68. The van der Waals surface area contributed by atoms with Crippen LogP contribution in [0.4, 0.5) is 4.39 Å². The molecule has 20 heavy (non-hydrogen) atoms. The van der Waals surface area contributed by atoms with Crippen molar-refractivity contribution in [1.29, 1.82) is 0 Å². The molecule has 2 rings (SSSR count). The summed E-state index contributed by atoms with van der Waals surface area (Å²) in [5.74, 6) is 0.496. The summed E-state index contributed by atoms with van der Waals surface area (Å²) < 4.78 is 19.4. The van der Waals surface area contributed by atoms with E-state index in [-0.39, 0.29) is 27.6 Å². The molecule has 0 aliphatic carbocycles. The van der Waals surface area contributed by atoms with Crippen molar-refractivity contribution in [2.24, 2.45) is 5.41 Å². The summed E-state index contributed by atoms with van der Waals surface area (Å²) in [7, 11) is 1.58. The Hall–Kier alpha value is -1.03. The van der Waals surface area contributed by atoms with Crippen LogP contribution in [0.5, 0.6) is 5.75 Å². The number of ether oxygens (including phenoxy) is 1. The maximum Gasteiger partial charge on any atom is 0.132 e. The molecule has 0 saturated carbocycles. The first-order valence-electron chi connectivity index (χ1n) is 6.81. The molecule has 1 aromatic carbocycles.